The highest BCUT2D eigenvalue weighted by atomic mass is 31.2. The van der Waals surface area contributed by atoms with Gasteiger partial charge < -0.3 is 27.0 Å². The molecule has 6 nitrogen and oxygen atoms in total. The standard InChI is InChI=1S/C5H15N4O2P/c6-4(12(10)11)2-1-3-9-5(7)8/h4,10-11H,1-3,6H2,(H4,7,8,9)/t4-/m1/s1. The van der Waals surface area contributed by atoms with Gasteiger partial charge in [-0.2, -0.15) is 0 Å². The van der Waals surface area contributed by atoms with Gasteiger partial charge in [-0.15, -0.1) is 0 Å². The summed E-state index contributed by atoms with van der Waals surface area (Å²) in [5.41, 5.74) is 15.5. The normalized spacial score (nSPS) is 13.0. The zero-order valence-electron chi connectivity index (χ0n) is 6.72. The molecule has 0 bridgehead atoms. The maximum absolute atomic E-state index is 8.64. The number of hydrogen-bond donors (Lipinski definition) is 5. The third-order valence-electron chi connectivity index (χ3n) is 1.25. The van der Waals surface area contributed by atoms with Crippen LogP contribution >= 0.6 is 8.38 Å². The van der Waals surface area contributed by atoms with Gasteiger partial charge in [0.2, 0.25) is 0 Å². The Bertz CT molecular complexity index is 148. The molecule has 0 spiro atoms. The highest BCUT2D eigenvalue weighted by Gasteiger charge is 2.10. The number of aliphatic imine (C=N–C) groups is 1. The van der Waals surface area contributed by atoms with E-state index < -0.39 is 14.2 Å². The van der Waals surface area contributed by atoms with E-state index in [9.17, 15) is 0 Å². The Morgan fingerprint density at radius 1 is 1.42 bits per heavy atom. The lowest BCUT2D eigenvalue weighted by molar-refractivity contribution is 0.458. The van der Waals surface area contributed by atoms with Crippen molar-refractivity contribution in [3.63, 3.8) is 0 Å². The average Bonchev–Trinajstić information content (AvgIpc) is 1.97. The van der Waals surface area contributed by atoms with Crippen molar-refractivity contribution < 1.29 is 9.79 Å². The molecule has 0 rings (SSSR count). The highest BCUT2D eigenvalue weighted by molar-refractivity contribution is 7.45. The molecular formula is C5H15N4O2P. The van der Waals surface area contributed by atoms with Crippen LogP contribution in [0.5, 0.6) is 0 Å². The van der Waals surface area contributed by atoms with Crippen LogP contribution in [0.4, 0.5) is 0 Å². The Balaban J connectivity index is 3.38. The quantitative estimate of drug-likeness (QED) is 0.159. The molecule has 0 amide bonds. The Hall–Kier alpha value is -0.420. The Morgan fingerprint density at radius 2 is 2.00 bits per heavy atom. The summed E-state index contributed by atoms with van der Waals surface area (Å²) in [6.07, 6.45) is 1.16. The topological polar surface area (TPSA) is 131 Å². The second-order valence-corrected chi connectivity index (χ2v) is 3.64. The van der Waals surface area contributed by atoms with E-state index in [1.807, 2.05) is 0 Å². The summed E-state index contributed by atoms with van der Waals surface area (Å²) < 4.78 is 0. The van der Waals surface area contributed by atoms with Gasteiger partial charge in [-0.05, 0) is 12.8 Å². The number of rotatable bonds is 5. The van der Waals surface area contributed by atoms with Crippen LogP contribution in [0.2, 0.25) is 0 Å². The predicted octanol–water partition coefficient (Wildman–Crippen LogP) is -1.38. The van der Waals surface area contributed by atoms with Crippen molar-refractivity contribution in [1.29, 1.82) is 0 Å². The van der Waals surface area contributed by atoms with Crippen LogP contribution in [0.15, 0.2) is 4.99 Å². The van der Waals surface area contributed by atoms with Crippen molar-refractivity contribution in [3.05, 3.63) is 0 Å². The molecule has 0 radical (unpaired) electrons. The molecule has 0 saturated heterocycles. The molecule has 0 aliphatic rings. The lowest BCUT2D eigenvalue weighted by Gasteiger charge is -2.10. The maximum Gasteiger partial charge on any atom is 0.185 e. The third kappa shape index (κ3) is 6.30. The van der Waals surface area contributed by atoms with Crippen LogP contribution in [-0.2, 0) is 0 Å². The number of hydrogen-bond acceptors (Lipinski definition) is 4. The minimum Gasteiger partial charge on any atom is -0.370 e. The van der Waals surface area contributed by atoms with Gasteiger partial charge in [0.1, 0.15) is 0 Å². The zero-order valence-corrected chi connectivity index (χ0v) is 7.61. The minimum absolute atomic E-state index is 0.0406. The van der Waals surface area contributed by atoms with E-state index in [0.29, 0.717) is 19.4 Å². The van der Waals surface area contributed by atoms with Crippen molar-refractivity contribution in [2.75, 3.05) is 6.54 Å². The van der Waals surface area contributed by atoms with Gasteiger partial charge in [0, 0.05) is 6.54 Å². The minimum atomic E-state index is -2.03. The van der Waals surface area contributed by atoms with Crippen molar-refractivity contribution >= 4 is 14.3 Å². The fourth-order valence-electron chi connectivity index (χ4n) is 0.624. The van der Waals surface area contributed by atoms with Crippen LogP contribution in [0, 0.1) is 0 Å². The Kier molecular flexibility index (Phi) is 5.92. The van der Waals surface area contributed by atoms with Crippen LogP contribution in [0.1, 0.15) is 12.8 Å². The van der Waals surface area contributed by atoms with E-state index in [1.165, 1.54) is 0 Å². The molecule has 0 aromatic heterocycles. The first-order chi connectivity index (χ1) is 5.54. The molecule has 0 aliphatic heterocycles. The molecule has 0 fully saturated rings. The largest absolute Gasteiger partial charge is 0.370 e. The number of nitrogens with zero attached hydrogens (tertiary/aromatic N) is 1. The van der Waals surface area contributed by atoms with Crippen molar-refractivity contribution in [2.24, 2.45) is 22.2 Å². The second kappa shape index (κ2) is 6.14. The summed E-state index contributed by atoms with van der Waals surface area (Å²) in [6, 6.07) is 0. The summed E-state index contributed by atoms with van der Waals surface area (Å²) >= 11 is 0. The first kappa shape index (κ1) is 11.6. The number of nitrogens with two attached hydrogens (primary N) is 3. The first-order valence-electron chi connectivity index (χ1n) is 3.52. The van der Waals surface area contributed by atoms with Crippen molar-refractivity contribution in [2.45, 2.75) is 18.6 Å². The second-order valence-electron chi connectivity index (χ2n) is 2.34. The van der Waals surface area contributed by atoms with Crippen molar-refractivity contribution in [3.8, 4) is 0 Å². The Labute approximate surface area is 72.4 Å². The molecule has 0 aromatic rings. The average molecular weight is 194 g/mol. The van der Waals surface area contributed by atoms with Gasteiger partial charge in [-0.1, -0.05) is 0 Å². The maximum atomic E-state index is 8.64. The fourth-order valence-corrected chi connectivity index (χ4v) is 1.04. The monoisotopic (exact) mass is 194 g/mol. The van der Waals surface area contributed by atoms with Crippen LogP contribution in [-0.4, -0.2) is 28.1 Å². The number of guanidine groups is 1. The van der Waals surface area contributed by atoms with Crippen LogP contribution < -0.4 is 17.2 Å². The SMILES string of the molecule is NC(N)=NCCC[C@H](N)P(O)O. The zero-order chi connectivity index (χ0) is 9.56. The molecule has 12 heavy (non-hydrogen) atoms. The lowest BCUT2D eigenvalue weighted by Crippen LogP contribution is -2.23. The predicted molar refractivity (Wildman–Crippen MR) is 49.2 cm³/mol. The van der Waals surface area contributed by atoms with Gasteiger partial charge >= 0.3 is 0 Å². The lowest BCUT2D eigenvalue weighted by atomic mass is 10.3. The summed E-state index contributed by atoms with van der Waals surface area (Å²) in [5, 5.41) is 0. The van der Waals surface area contributed by atoms with E-state index in [0.717, 1.165) is 0 Å². The van der Waals surface area contributed by atoms with E-state index in [4.69, 9.17) is 27.0 Å². The summed E-state index contributed by atoms with van der Waals surface area (Å²) in [5.74, 6) is -0.520. The van der Waals surface area contributed by atoms with Gasteiger partial charge in [0.05, 0.1) is 5.78 Å². The van der Waals surface area contributed by atoms with E-state index in [2.05, 4.69) is 4.99 Å². The van der Waals surface area contributed by atoms with Gasteiger partial charge in [0.25, 0.3) is 0 Å². The molecule has 7 heteroatoms. The molecular weight excluding hydrogens is 179 g/mol. The van der Waals surface area contributed by atoms with Gasteiger partial charge in [0.15, 0.2) is 14.3 Å². The van der Waals surface area contributed by atoms with E-state index in [1.54, 1.807) is 0 Å². The summed E-state index contributed by atoms with van der Waals surface area (Å²) in [6.45, 7) is 0.471. The molecule has 72 valence electrons. The molecule has 0 aliphatic carbocycles. The molecule has 0 heterocycles. The van der Waals surface area contributed by atoms with Crippen LogP contribution in [0.25, 0.3) is 0 Å². The van der Waals surface area contributed by atoms with E-state index in [-0.39, 0.29) is 5.96 Å². The van der Waals surface area contributed by atoms with Crippen molar-refractivity contribution in [1.82, 2.24) is 0 Å². The van der Waals surface area contributed by atoms with Crippen LogP contribution in [0.3, 0.4) is 0 Å². The molecule has 0 saturated carbocycles. The third-order valence-corrected chi connectivity index (χ3v) is 2.10. The molecule has 1 atom stereocenters. The van der Waals surface area contributed by atoms with Gasteiger partial charge in [-0.25, -0.2) is 0 Å². The van der Waals surface area contributed by atoms with Gasteiger partial charge in [-0.3, -0.25) is 4.99 Å². The summed E-state index contributed by atoms with van der Waals surface area (Å²) in [4.78, 5) is 21.0. The fraction of sp³-hybridized carbons (Fsp3) is 0.800. The van der Waals surface area contributed by atoms with E-state index >= 15 is 0 Å². The molecule has 0 aromatic carbocycles. The highest BCUT2D eigenvalue weighted by Crippen LogP contribution is 2.29. The Morgan fingerprint density at radius 3 is 2.42 bits per heavy atom. The first-order valence-corrected chi connectivity index (χ1v) is 4.83. The summed E-state index contributed by atoms with van der Waals surface area (Å²) in [7, 11) is -2.03. The molecule has 8 N–H and O–H groups in total. The smallest absolute Gasteiger partial charge is 0.185 e. The molecule has 0 unspecified atom stereocenters.